The highest BCUT2D eigenvalue weighted by Gasteiger charge is 2.35. The first-order chi connectivity index (χ1) is 18.7. The van der Waals surface area contributed by atoms with Gasteiger partial charge in [0, 0.05) is 54.6 Å². The second-order valence-electron chi connectivity index (χ2n) is 11.4. The van der Waals surface area contributed by atoms with Crippen molar-refractivity contribution in [1.82, 2.24) is 20.2 Å². The molecule has 3 saturated heterocycles. The van der Waals surface area contributed by atoms with Crippen LogP contribution < -0.4 is 19.9 Å². The Morgan fingerprint density at radius 3 is 2.47 bits per heavy atom. The highest BCUT2D eigenvalue weighted by Crippen LogP contribution is 2.37. The van der Waals surface area contributed by atoms with Crippen LogP contribution in [0.4, 0.5) is 11.5 Å². The Kier molecular flexibility index (Phi) is 6.42. The molecule has 0 saturated carbocycles. The fraction of sp³-hybridized carbons (Fsp3) is 0.484. The summed E-state index contributed by atoms with van der Waals surface area (Å²) < 4.78 is 6.34. The van der Waals surface area contributed by atoms with Crippen LogP contribution in [0.5, 0.6) is 6.01 Å². The van der Waals surface area contributed by atoms with E-state index in [1.165, 1.54) is 48.1 Å². The van der Waals surface area contributed by atoms with E-state index in [-0.39, 0.29) is 0 Å². The molecule has 0 spiro atoms. The molecule has 3 atom stereocenters. The van der Waals surface area contributed by atoms with Gasteiger partial charge in [-0.2, -0.15) is 9.97 Å². The second kappa shape index (κ2) is 10.2. The minimum absolute atomic E-state index is 0.447. The minimum Gasteiger partial charge on any atom is -0.462 e. The average Bonchev–Trinajstić information content (AvgIpc) is 3.54. The summed E-state index contributed by atoms with van der Waals surface area (Å²) in [5.74, 6) is 1.11. The van der Waals surface area contributed by atoms with Crippen molar-refractivity contribution in [2.45, 2.75) is 56.8 Å². The van der Waals surface area contributed by atoms with Crippen molar-refractivity contribution in [3.8, 4) is 17.1 Å². The number of benzene rings is 2. The van der Waals surface area contributed by atoms with Gasteiger partial charge in [-0.3, -0.25) is 0 Å². The Labute approximate surface area is 225 Å². The summed E-state index contributed by atoms with van der Waals surface area (Å²) in [5.41, 5.74) is 6.21. The predicted octanol–water partition coefficient (Wildman–Crippen LogP) is 4.12. The molecule has 0 aliphatic carbocycles. The van der Waals surface area contributed by atoms with Gasteiger partial charge in [0.2, 0.25) is 0 Å². The van der Waals surface area contributed by atoms with E-state index in [0.717, 1.165) is 50.7 Å². The van der Waals surface area contributed by atoms with E-state index in [1.54, 1.807) is 0 Å². The smallest absolute Gasteiger partial charge is 0.318 e. The van der Waals surface area contributed by atoms with Crippen LogP contribution in [-0.2, 0) is 13.0 Å². The number of para-hydroxylation sites is 1. The third-order valence-electron chi connectivity index (χ3n) is 8.94. The fourth-order valence-electron chi connectivity index (χ4n) is 6.86. The molecule has 7 rings (SSSR count). The van der Waals surface area contributed by atoms with Gasteiger partial charge in [-0.1, -0.05) is 48.5 Å². The standard InChI is InChI=1S/C31H38N6O/c1-35-16-7-10-25(35)21-38-31-33-28-20-36(29-12-6-5-11-26(29)22-8-3-2-4-9-22)17-15-27(28)30(34-31)37-18-23-13-14-24(19-37)32-23/h2-6,8-9,11-12,23-25,32H,7,10,13-21H2,1H3/t23?,24?,25-/m0/s1. The molecule has 4 aliphatic rings. The van der Waals surface area contributed by atoms with E-state index in [1.807, 2.05) is 0 Å². The summed E-state index contributed by atoms with van der Waals surface area (Å²) in [5, 5.41) is 3.77. The Morgan fingerprint density at radius 2 is 1.68 bits per heavy atom. The quantitative estimate of drug-likeness (QED) is 0.535. The number of fused-ring (bicyclic) bond motifs is 3. The Balaban J connectivity index is 1.21. The third-order valence-corrected chi connectivity index (χ3v) is 8.94. The number of nitrogens with zero attached hydrogens (tertiary/aromatic N) is 5. The predicted molar refractivity (Wildman–Crippen MR) is 152 cm³/mol. The molecule has 3 fully saturated rings. The summed E-state index contributed by atoms with van der Waals surface area (Å²) in [6.45, 7) is 5.56. The van der Waals surface area contributed by atoms with Crippen LogP contribution >= 0.6 is 0 Å². The van der Waals surface area contributed by atoms with Gasteiger partial charge >= 0.3 is 6.01 Å². The summed E-state index contributed by atoms with van der Waals surface area (Å²) in [7, 11) is 2.19. The Morgan fingerprint density at radius 1 is 0.895 bits per heavy atom. The summed E-state index contributed by atoms with van der Waals surface area (Å²) in [6.07, 6.45) is 5.88. The summed E-state index contributed by atoms with van der Waals surface area (Å²) >= 11 is 0. The number of likely N-dealkylation sites (N-methyl/N-ethyl adjacent to an activating group) is 1. The van der Waals surface area contributed by atoms with Crippen molar-refractivity contribution in [3.63, 3.8) is 0 Å². The van der Waals surface area contributed by atoms with Gasteiger partial charge in [0.15, 0.2) is 0 Å². The first-order valence-electron chi connectivity index (χ1n) is 14.3. The summed E-state index contributed by atoms with van der Waals surface area (Å²) in [4.78, 5) is 17.5. The Bertz CT molecular complexity index is 1270. The van der Waals surface area contributed by atoms with E-state index in [2.05, 4.69) is 81.7 Å². The van der Waals surface area contributed by atoms with Crippen molar-refractivity contribution in [3.05, 3.63) is 65.9 Å². The second-order valence-corrected chi connectivity index (χ2v) is 11.4. The molecular formula is C31H38N6O. The fourth-order valence-corrected chi connectivity index (χ4v) is 6.86. The van der Waals surface area contributed by atoms with Crippen LogP contribution in [0.1, 0.15) is 36.9 Å². The molecule has 1 N–H and O–H groups in total. The van der Waals surface area contributed by atoms with E-state index >= 15 is 0 Å². The molecule has 0 amide bonds. The molecule has 198 valence electrons. The van der Waals surface area contributed by atoms with Gasteiger partial charge in [0.25, 0.3) is 0 Å². The molecule has 0 radical (unpaired) electrons. The molecular weight excluding hydrogens is 472 g/mol. The molecule has 7 heteroatoms. The molecule has 7 nitrogen and oxygen atoms in total. The van der Waals surface area contributed by atoms with Crippen molar-refractivity contribution in [2.24, 2.45) is 0 Å². The van der Waals surface area contributed by atoms with E-state index in [0.29, 0.717) is 30.7 Å². The van der Waals surface area contributed by atoms with Crippen LogP contribution in [0.3, 0.4) is 0 Å². The monoisotopic (exact) mass is 510 g/mol. The number of rotatable bonds is 6. The van der Waals surface area contributed by atoms with Crippen LogP contribution in [0, 0.1) is 0 Å². The molecule has 4 aliphatic heterocycles. The van der Waals surface area contributed by atoms with E-state index in [9.17, 15) is 0 Å². The molecule has 2 unspecified atom stereocenters. The minimum atomic E-state index is 0.447. The van der Waals surface area contributed by atoms with Gasteiger partial charge in [-0.25, -0.2) is 0 Å². The zero-order chi connectivity index (χ0) is 25.5. The van der Waals surface area contributed by atoms with E-state index in [4.69, 9.17) is 14.7 Å². The van der Waals surface area contributed by atoms with Crippen molar-refractivity contribution in [1.29, 1.82) is 0 Å². The molecule has 3 aromatic rings. The van der Waals surface area contributed by atoms with Gasteiger partial charge in [0.1, 0.15) is 12.4 Å². The van der Waals surface area contributed by atoms with Gasteiger partial charge < -0.3 is 24.8 Å². The number of hydrogen-bond acceptors (Lipinski definition) is 7. The SMILES string of the molecule is CN1CCC[C@H]1COc1nc2c(c(N3CC4CCC(C3)N4)n1)CCN(c1ccccc1-c1ccccc1)C2. The molecule has 1 aromatic heterocycles. The number of aromatic nitrogens is 2. The first kappa shape index (κ1) is 23.9. The zero-order valence-corrected chi connectivity index (χ0v) is 22.4. The maximum atomic E-state index is 6.34. The lowest BCUT2D eigenvalue weighted by Crippen LogP contribution is -2.52. The average molecular weight is 511 g/mol. The molecule has 38 heavy (non-hydrogen) atoms. The number of anilines is 2. The van der Waals surface area contributed by atoms with Crippen molar-refractivity contribution >= 4 is 11.5 Å². The largest absolute Gasteiger partial charge is 0.462 e. The highest BCUT2D eigenvalue weighted by atomic mass is 16.5. The number of likely N-dealkylation sites (tertiary alicyclic amines) is 1. The normalized spacial score (nSPS) is 25.0. The lowest BCUT2D eigenvalue weighted by Gasteiger charge is -2.38. The van der Waals surface area contributed by atoms with Crippen LogP contribution in [0.2, 0.25) is 0 Å². The van der Waals surface area contributed by atoms with Gasteiger partial charge in [-0.15, -0.1) is 0 Å². The molecule has 2 bridgehead atoms. The number of nitrogens with one attached hydrogen (secondary N) is 1. The number of ether oxygens (including phenoxy) is 1. The summed E-state index contributed by atoms with van der Waals surface area (Å²) in [6, 6.07) is 21.6. The number of hydrogen-bond donors (Lipinski definition) is 1. The lowest BCUT2D eigenvalue weighted by molar-refractivity contribution is 0.187. The zero-order valence-electron chi connectivity index (χ0n) is 22.4. The van der Waals surface area contributed by atoms with Crippen molar-refractivity contribution in [2.75, 3.05) is 49.6 Å². The van der Waals surface area contributed by atoms with Crippen LogP contribution in [0.15, 0.2) is 54.6 Å². The number of piperazine rings is 1. The first-order valence-corrected chi connectivity index (χ1v) is 14.3. The van der Waals surface area contributed by atoms with Gasteiger partial charge in [0.05, 0.1) is 12.2 Å². The maximum Gasteiger partial charge on any atom is 0.318 e. The maximum absolute atomic E-state index is 6.34. The highest BCUT2D eigenvalue weighted by molar-refractivity contribution is 5.79. The molecule has 2 aromatic carbocycles. The van der Waals surface area contributed by atoms with Crippen LogP contribution in [-0.4, -0.2) is 72.8 Å². The van der Waals surface area contributed by atoms with Crippen molar-refractivity contribution < 1.29 is 4.74 Å². The topological polar surface area (TPSA) is 56.8 Å². The van der Waals surface area contributed by atoms with E-state index < -0.39 is 0 Å². The third kappa shape index (κ3) is 4.63. The van der Waals surface area contributed by atoms with Gasteiger partial charge in [-0.05, 0) is 57.3 Å². The van der Waals surface area contributed by atoms with Crippen LogP contribution in [0.25, 0.3) is 11.1 Å². The lowest BCUT2D eigenvalue weighted by atomic mass is 9.99. The molecule has 5 heterocycles. The Hall–Kier alpha value is -3.16.